The predicted octanol–water partition coefficient (Wildman–Crippen LogP) is 3.70. The molecule has 0 fully saturated rings. The fraction of sp³-hybridized carbons (Fsp3) is 0. The summed E-state index contributed by atoms with van der Waals surface area (Å²) in [6, 6.07) is 7.41. The lowest BCUT2D eigenvalue weighted by Gasteiger charge is -2.01. The molecule has 1 aromatic carbocycles. The lowest BCUT2D eigenvalue weighted by atomic mass is 10.1. The molecular weight excluding hydrogens is 270 g/mol. The number of anilines is 1. The van der Waals surface area contributed by atoms with Crippen molar-refractivity contribution in [1.82, 2.24) is 10.1 Å². The maximum atomic E-state index is 5.99. The number of hydrogen-bond donors (Lipinski definition) is 1. The standard InChI is InChI=1S/C12H8ClN3OS/c13-8-3-1-2-7(4-8)10-11(16-17-12(10)14)9-5-15-6-18-9/h1-6H,14H2. The Kier molecular flexibility index (Phi) is 2.77. The minimum Gasteiger partial charge on any atom is -0.367 e. The van der Waals surface area contributed by atoms with Crippen molar-refractivity contribution in [3.63, 3.8) is 0 Å². The van der Waals surface area contributed by atoms with E-state index < -0.39 is 0 Å². The summed E-state index contributed by atoms with van der Waals surface area (Å²) in [6.07, 6.45) is 1.73. The summed E-state index contributed by atoms with van der Waals surface area (Å²) >= 11 is 7.47. The number of thiazole rings is 1. The van der Waals surface area contributed by atoms with Crippen LogP contribution in [0.4, 0.5) is 5.88 Å². The molecule has 0 radical (unpaired) electrons. The summed E-state index contributed by atoms with van der Waals surface area (Å²) in [5, 5.41) is 4.63. The topological polar surface area (TPSA) is 64.9 Å². The van der Waals surface area contributed by atoms with Crippen LogP contribution in [-0.4, -0.2) is 10.1 Å². The van der Waals surface area contributed by atoms with Crippen LogP contribution in [0, 0.1) is 0 Å². The number of nitrogen functional groups attached to an aromatic ring is 1. The number of aromatic nitrogens is 2. The number of hydrogen-bond acceptors (Lipinski definition) is 5. The Morgan fingerprint density at radius 2 is 2.22 bits per heavy atom. The Balaban J connectivity index is 2.20. The zero-order valence-electron chi connectivity index (χ0n) is 9.13. The second-order valence-corrected chi connectivity index (χ2v) is 4.97. The van der Waals surface area contributed by atoms with Crippen LogP contribution in [-0.2, 0) is 0 Å². The Bertz CT molecular complexity index is 678. The highest BCUT2D eigenvalue weighted by molar-refractivity contribution is 7.13. The third-order valence-electron chi connectivity index (χ3n) is 2.50. The molecule has 0 aliphatic heterocycles. The zero-order chi connectivity index (χ0) is 12.5. The number of nitrogens with zero attached hydrogens (tertiary/aromatic N) is 2. The van der Waals surface area contributed by atoms with Crippen molar-refractivity contribution in [1.29, 1.82) is 0 Å². The van der Waals surface area contributed by atoms with E-state index >= 15 is 0 Å². The fourth-order valence-electron chi connectivity index (χ4n) is 1.73. The molecule has 3 rings (SSSR count). The van der Waals surface area contributed by atoms with Gasteiger partial charge < -0.3 is 10.3 Å². The fourth-order valence-corrected chi connectivity index (χ4v) is 2.52. The van der Waals surface area contributed by atoms with E-state index in [4.69, 9.17) is 21.9 Å². The molecule has 3 aromatic rings. The van der Waals surface area contributed by atoms with Crippen molar-refractivity contribution in [2.45, 2.75) is 0 Å². The average Bonchev–Trinajstić information content (AvgIpc) is 2.97. The first kappa shape index (κ1) is 11.3. The molecule has 0 saturated heterocycles. The van der Waals surface area contributed by atoms with Crippen LogP contribution in [0.1, 0.15) is 0 Å². The van der Waals surface area contributed by atoms with Crippen LogP contribution in [0.5, 0.6) is 0 Å². The summed E-state index contributed by atoms with van der Waals surface area (Å²) in [5.74, 6) is 0.278. The predicted molar refractivity (Wildman–Crippen MR) is 72.5 cm³/mol. The maximum absolute atomic E-state index is 5.99. The molecule has 0 saturated carbocycles. The number of benzene rings is 1. The molecule has 0 amide bonds. The summed E-state index contributed by atoms with van der Waals surface area (Å²) < 4.78 is 5.08. The first-order chi connectivity index (χ1) is 8.75. The van der Waals surface area contributed by atoms with Crippen LogP contribution >= 0.6 is 22.9 Å². The zero-order valence-corrected chi connectivity index (χ0v) is 10.7. The van der Waals surface area contributed by atoms with E-state index in [1.165, 1.54) is 11.3 Å². The summed E-state index contributed by atoms with van der Waals surface area (Å²) in [7, 11) is 0. The highest BCUT2D eigenvalue weighted by atomic mass is 35.5. The average molecular weight is 278 g/mol. The van der Waals surface area contributed by atoms with E-state index in [2.05, 4.69) is 10.1 Å². The molecule has 0 atom stereocenters. The highest BCUT2D eigenvalue weighted by Gasteiger charge is 2.18. The molecule has 0 unspecified atom stereocenters. The van der Waals surface area contributed by atoms with Crippen LogP contribution in [0.2, 0.25) is 5.02 Å². The lowest BCUT2D eigenvalue weighted by molar-refractivity contribution is 0.439. The molecular formula is C12H8ClN3OS. The van der Waals surface area contributed by atoms with Crippen LogP contribution in [0.3, 0.4) is 0 Å². The van der Waals surface area contributed by atoms with Gasteiger partial charge in [0.15, 0.2) is 0 Å². The highest BCUT2D eigenvalue weighted by Crippen LogP contribution is 2.38. The van der Waals surface area contributed by atoms with Crippen molar-refractivity contribution < 1.29 is 4.52 Å². The van der Waals surface area contributed by atoms with Crippen molar-refractivity contribution >= 4 is 28.8 Å². The second-order valence-electron chi connectivity index (χ2n) is 3.65. The van der Waals surface area contributed by atoms with Crippen LogP contribution < -0.4 is 5.73 Å². The van der Waals surface area contributed by atoms with Gasteiger partial charge in [0.2, 0.25) is 5.88 Å². The second kappa shape index (κ2) is 4.44. The molecule has 0 aliphatic rings. The Labute approximate surface area is 112 Å². The lowest BCUT2D eigenvalue weighted by Crippen LogP contribution is -1.86. The quantitative estimate of drug-likeness (QED) is 0.776. The summed E-state index contributed by atoms with van der Waals surface area (Å²) in [6.45, 7) is 0. The van der Waals surface area contributed by atoms with Gasteiger partial charge in [-0.15, -0.1) is 11.3 Å². The maximum Gasteiger partial charge on any atom is 0.230 e. The molecule has 18 heavy (non-hydrogen) atoms. The first-order valence-corrected chi connectivity index (χ1v) is 6.41. The molecule has 6 heteroatoms. The largest absolute Gasteiger partial charge is 0.367 e. The third kappa shape index (κ3) is 1.87. The molecule has 0 aliphatic carbocycles. The summed E-state index contributed by atoms with van der Waals surface area (Å²) in [4.78, 5) is 4.94. The molecule has 4 nitrogen and oxygen atoms in total. The van der Waals surface area contributed by atoms with Gasteiger partial charge >= 0.3 is 0 Å². The van der Waals surface area contributed by atoms with Gasteiger partial charge in [-0.1, -0.05) is 28.9 Å². The van der Waals surface area contributed by atoms with Crippen molar-refractivity contribution in [2.75, 3.05) is 5.73 Å². The molecule has 2 aromatic heterocycles. The van der Waals surface area contributed by atoms with Gasteiger partial charge in [-0.25, -0.2) is 0 Å². The minimum absolute atomic E-state index is 0.278. The minimum atomic E-state index is 0.278. The molecule has 0 spiro atoms. The third-order valence-corrected chi connectivity index (χ3v) is 3.51. The summed E-state index contributed by atoms with van der Waals surface area (Å²) in [5.41, 5.74) is 9.90. The SMILES string of the molecule is Nc1onc(-c2cncs2)c1-c1cccc(Cl)c1. The van der Waals surface area contributed by atoms with E-state index in [1.807, 2.05) is 18.2 Å². The van der Waals surface area contributed by atoms with Crippen molar-refractivity contribution in [3.05, 3.63) is 41.0 Å². The molecule has 2 heterocycles. The molecule has 90 valence electrons. The van der Waals surface area contributed by atoms with Gasteiger partial charge in [0.25, 0.3) is 0 Å². The van der Waals surface area contributed by atoms with Gasteiger partial charge in [-0.05, 0) is 17.7 Å². The monoisotopic (exact) mass is 277 g/mol. The van der Waals surface area contributed by atoms with Gasteiger partial charge in [0.05, 0.1) is 16.0 Å². The van der Waals surface area contributed by atoms with Crippen molar-refractivity contribution in [3.8, 4) is 21.7 Å². The Hall–Kier alpha value is -1.85. The van der Waals surface area contributed by atoms with E-state index in [1.54, 1.807) is 17.8 Å². The normalized spacial score (nSPS) is 10.7. The van der Waals surface area contributed by atoms with Gasteiger partial charge in [0.1, 0.15) is 5.69 Å². The van der Waals surface area contributed by atoms with E-state index in [-0.39, 0.29) is 5.88 Å². The van der Waals surface area contributed by atoms with E-state index in [0.717, 1.165) is 16.0 Å². The van der Waals surface area contributed by atoms with E-state index in [0.29, 0.717) is 10.7 Å². The van der Waals surface area contributed by atoms with Gasteiger partial charge in [-0.3, -0.25) is 4.98 Å². The molecule has 2 N–H and O–H groups in total. The van der Waals surface area contributed by atoms with Gasteiger partial charge in [-0.2, -0.15) is 0 Å². The first-order valence-electron chi connectivity index (χ1n) is 5.15. The number of halogens is 1. The van der Waals surface area contributed by atoms with Crippen LogP contribution in [0.15, 0.2) is 40.5 Å². The van der Waals surface area contributed by atoms with Gasteiger partial charge in [0, 0.05) is 11.2 Å². The molecule has 0 bridgehead atoms. The van der Waals surface area contributed by atoms with Crippen molar-refractivity contribution in [2.24, 2.45) is 0 Å². The Morgan fingerprint density at radius 1 is 1.33 bits per heavy atom. The smallest absolute Gasteiger partial charge is 0.230 e. The van der Waals surface area contributed by atoms with E-state index in [9.17, 15) is 0 Å². The Morgan fingerprint density at radius 3 is 2.94 bits per heavy atom. The number of nitrogens with two attached hydrogens (primary N) is 1. The number of rotatable bonds is 2. The van der Waals surface area contributed by atoms with Crippen LogP contribution in [0.25, 0.3) is 21.7 Å².